The molecule has 164 valence electrons. The Hall–Kier alpha value is -3.42. The van der Waals surface area contributed by atoms with Crippen molar-refractivity contribution < 1.29 is 27.7 Å². The van der Waals surface area contributed by atoms with Crippen molar-refractivity contribution in [2.24, 2.45) is 0 Å². The van der Waals surface area contributed by atoms with Gasteiger partial charge in [-0.05, 0) is 35.4 Å². The topological polar surface area (TPSA) is 151 Å². The standard InChI is InChI=1S/C18H17N3O8S2/c1-28-17-5-3-13(11-15(17)20(22)23)7-9-30(26)19-31(27)10-8-14-4-6-18(29-2)16(12-14)21(24)25/h3-12,19H,1-2H3. The zero-order chi connectivity index (χ0) is 23.0. The molecule has 2 atom stereocenters. The van der Waals surface area contributed by atoms with Gasteiger partial charge >= 0.3 is 11.4 Å². The van der Waals surface area contributed by atoms with Crippen LogP contribution in [0.1, 0.15) is 11.1 Å². The van der Waals surface area contributed by atoms with Gasteiger partial charge in [-0.2, -0.15) is 0 Å². The van der Waals surface area contributed by atoms with Crippen molar-refractivity contribution in [3.05, 3.63) is 78.6 Å². The molecule has 0 aliphatic rings. The summed E-state index contributed by atoms with van der Waals surface area (Å²) in [5.74, 6) is 0.179. The Labute approximate surface area is 181 Å². The predicted octanol–water partition coefficient (Wildman–Crippen LogP) is 3.08. The van der Waals surface area contributed by atoms with Crippen LogP contribution in [-0.4, -0.2) is 32.5 Å². The Kier molecular flexibility index (Phi) is 8.54. The second-order valence-electron chi connectivity index (χ2n) is 5.66. The fourth-order valence-electron chi connectivity index (χ4n) is 2.32. The van der Waals surface area contributed by atoms with E-state index in [4.69, 9.17) is 9.47 Å². The summed E-state index contributed by atoms with van der Waals surface area (Å²) in [7, 11) is -1.10. The molecule has 2 unspecified atom stereocenters. The molecule has 0 saturated heterocycles. The molecule has 2 aromatic carbocycles. The van der Waals surface area contributed by atoms with Gasteiger partial charge in [-0.3, -0.25) is 20.2 Å². The average molecular weight is 467 g/mol. The van der Waals surface area contributed by atoms with Gasteiger partial charge in [0.2, 0.25) is 0 Å². The van der Waals surface area contributed by atoms with Gasteiger partial charge in [0.15, 0.2) is 11.5 Å². The van der Waals surface area contributed by atoms with E-state index in [2.05, 4.69) is 4.13 Å². The highest BCUT2D eigenvalue weighted by atomic mass is 32.3. The zero-order valence-electron chi connectivity index (χ0n) is 16.3. The summed E-state index contributed by atoms with van der Waals surface area (Å²) in [5, 5.41) is 24.4. The number of nitro benzene ring substituents is 2. The number of ether oxygens (including phenoxy) is 2. The molecule has 0 aliphatic carbocycles. The number of nitrogens with zero attached hydrogens (tertiary/aromatic N) is 2. The van der Waals surface area contributed by atoms with Crippen molar-refractivity contribution in [1.82, 2.24) is 4.13 Å². The number of hydrogen-bond donors (Lipinski definition) is 1. The Morgan fingerprint density at radius 2 is 1.19 bits per heavy atom. The first kappa shape index (κ1) is 23.9. The van der Waals surface area contributed by atoms with Crippen LogP contribution < -0.4 is 13.6 Å². The van der Waals surface area contributed by atoms with Crippen molar-refractivity contribution in [2.45, 2.75) is 0 Å². The second-order valence-corrected chi connectivity index (χ2v) is 8.06. The molecule has 0 amide bonds. The van der Waals surface area contributed by atoms with Crippen molar-refractivity contribution >= 4 is 45.5 Å². The van der Waals surface area contributed by atoms with Crippen LogP contribution in [0, 0.1) is 20.2 Å². The number of hydrogen-bond acceptors (Lipinski definition) is 8. The van der Waals surface area contributed by atoms with E-state index in [1.54, 1.807) is 0 Å². The minimum absolute atomic E-state index is 0.0893. The molecular formula is C18H17N3O8S2. The fraction of sp³-hybridized carbons (Fsp3) is 0.111. The Morgan fingerprint density at radius 1 is 0.806 bits per heavy atom. The molecule has 1 N–H and O–H groups in total. The first-order valence-corrected chi connectivity index (χ1v) is 10.8. The van der Waals surface area contributed by atoms with Gasteiger partial charge in [-0.15, -0.1) is 4.13 Å². The maximum atomic E-state index is 12.0. The summed E-state index contributed by atoms with van der Waals surface area (Å²) < 4.78 is 36.2. The van der Waals surface area contributed by atoms with Crippen LogP contribution in [0.25, 0.3) is 12.2 Å². The molecule has 0 aromatic heterocycles. The van der Waals surface area contributed by atoms with Crippen molar-refractivity contribution in [2.75, 3.05) is 14.2 Å². The molecule has 0 spiro atoms. The molecule has 11 nitrogen and oxygen atoms in total. The van der Waals surface area contributed by atoms with Crippen molar-refractivity contribution in [3.63, 3.8) is 0 Å². The molecule has 2 rings (SSSR count). The van der Waals surface area contributed by atoms with E-state index in [1.165, 1.54) is 73.6 Å². The van der Waals surface area contributed by atoms with Crippen LogP contribution >= 0.6 is 0 Å². The highest BCUT2D eigenvalue weighted by Gasteiger charge is 2.15. The number of benzene rings is 2. The summed E-state index contributed by atoms with van der Waals surface area (Å²) >= 11 is 0. The van der Waals surface area contributed by atoms with Crippen LogP contribution in [0.3, 0.4) is 0 Å². The van der Waals surface area contributed by atoms with Crippen molar-refractivity contribution in [3.8, 4) is 11.5 Å². The quantitative estimate of drug-likeness (QED) is 0.413. The highest BCUT2D eigenvalue weighted by Crippen LogP contribution is 2.29. The van der Waals surface area contributed by atoms with Crippen LogP contribution in [-0.2, 0) is 22.0 Å². The monoisotopic (exact) mass is 467 g/mol. The number of methoxy groups -OCH3 is 2. The summed E-state index contributed by atoms with van der Waals surface area (Å²) in [5.41, 5.74) is 0.302. The van der Waals surface area contributed by atoms with Gasteiger partial charge in [-0.1, -0.05) is 12.1 Å². The first-order chi connectivity index (χ1) is 14.7. The average Bonchev–Trinajstić information content (AvgIpc) is 2.75. The van der Waals surface area contributed by atoms with Crippen LogP contribution in [0.5, 0.6) is 11.5 Å². The third-order valence-electron chi connectivity index (χ3n) is 3.73. The predicted molar refractivity (Wildman–Crippen MR) is 117 cm³/mol. The van der Waals surface area contributed by atoms with Gasteiger partial charge in [-0.25, -0.2) is 8.42 Å². The van der Waals surface area contributed by atoms with E-state index in [0.717, 1.165) is 0 Å². The molecule has 0 aliphatic heterocycles. The van der Waals surface area contributed by atoms with Crippen LogP contribution in [0.15, 0.2) is 47.2 Å². The maximum Gasteiger partial charge on any atom is 0.311 e. The van der Waals surface area contributed by atoms with E-state index >= 15 is 0 Å². The lowest BCUT2D eigenvalue weighted by atomic mass is 10.2. The highest BCUT2D eigenvalue weighted by molar-refractivity contribution is 8.01. The first-order valence-electron chi connectivity index (χ1n) is 8.34. The largest absolute Gasteiger partial charge is 0.490 e. The van der Waals surface area contributed by atoms with Gasteiger partial charge in [0.05, 0.1) is 24.1 Å². The van der Waals surface area contributed by atoms with Crippen LogP contribution in [0.4, 0.5) is 11.4 Å². The number of rotatable bonds is 10. The second kappa shape index (κ2) is 11.1. The summed E-state index contributed by atoms with van der Waals surface area (Å²) in [6.07, 6.45) is 2.73. The molecule has 13 heteroatoms. The lowest BCUT2D eigenvalue weighted by Gasteiger charge is -2.02. The minimum atomic E-state index is -1.86. The van der Waals surface area contributed by atoms with Gasteiger partial charge in [0.1, 0.15) is 22.0 Å². The molecule has 31 heavy (non-hydrogen) atoms. The van der Waals surface area contributed by atoms with E-state index in [-0.39, 0.29) is 22.9 Å². The third-order valence-corrected chi connectivity index (χ3v) is 5.81. The summed E-state index contributed by atoms with van der Waals surface area (Å²) in [6.45, 7) is 0. The van der Waals surface area contributed by atoms with Crippen LogP contribution in [0.2, 0.25) is 0 Å². The van der Waals surface area contributed by atoms with Gasteiger partial charge in [0, 0.05) is 22.9 Å². The van der Waals surface area contributed by atoms with E-state index in [9.17, 15) is 28.6 Å². The molecule has 0 heterocycles. The summed E-state index contributed by atoms with van der Waals surface area (Å²) in [4.78, 5) is 20.9. The maximum absolute atomic E-state index is 12.0. The smallest absolute Gasteiger partial charge is 0.311 e. The molecule has 0 saturated carbocycles. The van der Waals surface area contributed by atoms with E-state index < -0.39 is 31.8 Å². The zero-order valence-corrected chi connectivity index (χ0v) is 17.9. The van der Waals surface area contributed by atoms with E-state index in [0.29, 0.717) is 11.1 Å². The lowest BCUT2D eigenvalue weighted by Crippen LogP contribution is -2.15. The Morgan fingerprint density at radius 3 is 1.52 bits per heavy atom. The molecule has 0 radical (unpaired) electrons. The fourth-order valence-corrected chi connectivity index (χ4v) is 3.98. The SMILES string of the molecule is COc1ccc(C=CS(=O)NS(=O)C=Cc2ccc(OC)c([N+](=O)[O-])c2)cc1[N+](=O)[O-]. The lowest BCUT2D eigenvalue weighted by molar-refractivity contribution is -0.385. The normalized spacial score (nSPS) is 13.2. The summed E-state index contributed by atoms with van der Waals surface area (Å²) in [6, 6.07) is 8.38. The minimum Gasteiger partial charge on any atom is -0.490 e. The van der Waals surface area contributed by atoms with Gasteiger partial charge < -0.3 is 9.47 Å². The van der Waals surface area contributed by atoms with Gasteiger partial charge in [0.25, 0.3) is 0 Å². The van der Waals surface area contributed by atoms with Crippen molar-refractivity contribution in [1.29, 1.82) is 0 Å². The molecule has 0 bridgehead atoms. The Bertz CT molecular complexity index is 1020. The molecule has 2 aromatic rings. The van der Waals surface area contributed by atoms with E-state index in [1.807, 2.05) is 0 Å². The molecule has 0 fully saturated rings. The number of nitro groups is 2. The molecular weight excluding hydrogens is 450 g/mol. The third kappa shape index (κ3) is 6.80. The Balaban J connectivity index is 2.04. The number of nitrogens with one attached hydrogen (secondary N) is 1.